The lowest BCUT2D eigenvalue weighted by Gasteiger charge is -2.58. The fourth-order valence-corrected chi connectivity index (χ4v) is 9.13. The van der Waals surface area contributed by atoms with Crippen LogP contribution in [0.5, 0.6) is 0 Å². The molecule has 11 nitrogen and oxygen atoms in total. The number of hydrogen-bond acceptors (Lipinski definition) is 10. The summed E-state index contributed by atoms with van der Waals surface area (Å²) in [4.78, 5) is 46.4. The molecule has 0 saturated heterocycles. The second-order valence-electron chi connectivity index (χ2n) is 13.8. The standard InChI is InChI=1S/C31H45F5O11S/c1-4-22(44-15-37)14-24-27(25(46-17-39)13-21-12-23(45-16-38)9-10-29(21,24)3)20-7-6-19(11-20)18(2)5-8-26(40)47-28(30(32,33)34)31(35,36)48(41,42)43/h15-25,27-28H,4-14H2,1-3H3,(H,41,42,43)/t18-,19+,20-,21+,22?,23?,24+,25?,27+,28?,29+/m1/s1. The van der Waals surface area contributed by atoms with Crippen molar-refractivity contribution in [3.63, 3.8) is 0 Å². The van der Waals surface area contributed by atoms with E-state index in [1.165, 1.54) is 0 Å². The fourth-order valence-electron chi connectivity index (χ4n) is 8.68. The van der Waals surface area contributed by atoms with Crippen molar-refractivity contribution < 1.29 is 73.0 Å². The minimum atomic E-state index is -6.54. The van der Waals surface area contributed by atoms with Crippen LogP contribution in [0.4, 0.5) is 22.0 Å². The first-order valence-electron chi connectivity index (χ1n) is 16.2. The van der Waals surface area contributed by atoms with E-state index in [0.717, 1.165) is 6.42 Å². The van der Waals surface area contributed by atoms with Gasteiger partial charge in [-0.2, -0.15) is 30.4 Å². The molecule has 0 amide bonds. The van der Waals surface area contributed by atoms with Crippen molar-refractivity contribution in [1.82, 2.24) is 0 Å². The van der Waals surface area contributed by atoms with Crippen molar-refractivity contribution in [1.29, 1.82) is 0 Å². The monoisotopic (exact) mass is 720 g/mol. The average Bonchev–Trinajstić information content (AvgIpc) is 3.48. The Morgan fingerprint density at radius 3 is 2.23 bits per heavy atom. The van der Waals surface area contributed by atoms with Gasteiger partial charge in [-0.25, -0.2) is 0 Å². The van der Waals surface area contributed by atoms with Crippen LogP contribution >= 0.6 is 0 Å². The minimum absolute atomic E-state index is 0.0258. The normalized spacial score (nSPS) is 33.0. The van der Waals surface area contributed by atoms with Crippen molar-refractivity contribution in [2.24, 2.45) is 40.9 Å². The van der Waals surface area contributed by atoms with E-state index in [0.29, 0.717) is 70.8 Å². The van der Waals surface area contributed by atoms with E-state index >= 15 is 0 Å². The fraction of sp³-hybridized carbons (Fsp3) is 0.871. The number of ether oxygens (including phenoxy) is 4. The third-order valence-corrected chi connectivity index (χ3v) is 12.2. The summed E-state index contributed by atoms with van der Waals surface area (Å²) in [6.07, 6.45) is -6.65. The molecule has 3 rings (SSSR count). The van der Waals surface area contributed by atoms with Crippen LogP contribution in [0, 0.1) is 40.9 Å². The molecule has 276 valence electrons. The molecule has 3 saturated carbocycles. The quantitative estimate of drug-likeness (QED) is 0.0651. The Hall–Kier alpha value is -2.56. The molecule has 0 aromatic carbocycles. The Morgan fingerprint density at radius 1 is 1.00 bits per heavy atom. The Kier molecular flexibility index (Phi) is 13.3. The lowest BCUT2D eigenvalue weighted by Crippen LogP contribution is -2.56. The van der Waals surface area contributed by atoms with Crippen molar-refractivity contribution in [3.8, 4) is 0 Å². The van der Waals surface area contributed by atoms with Crippen LogP contribution < -0.4 is 0 Å². The van der Waals surface area contributed by atoms with Gasteiger partial charge < -0.3 is 18.9 Å². The van der Waals surface area contributed by atoms with Crippen LogP contribution in [0.1, 0.15) is 91.4 Å². The molecule has 0 radical (unpaired) electrons. The van der Waals surface area contributed by atoms with Crippen LogP contribution in [0.2, 0.25) is 0 Å². The van der Waals surface area contributed by atoms with Gasteiger partial charge in [0, 0.05) is 12.3 Å². The molecule has 0 spiro atoms. The van der Waals surface area contributed by atoms with E-state index in [4.69, 9.17) is 18.8 Å². The summed E-state index contributed by atoms with van der Waals surface area (Å²) >= 11 is 0. The second-order valence-corrected chi connectivity index (χ2v) is 15.3. The van der Waals surface area contributed by atoms with Gasteiger partial charge in [0.25, 0.3) is 25.5 Å². The Balaban J connectivity index is 1.77. The number of carbonyl (C=O) groups is 4. The number of rotatable bonds is 17. The predicted molar refractivity (Wildman–Crippen MR) is 156 cm³/mol. The van der Waals surface area contributed by atoms with E-state index in [2.05, 4.69) is 11.7 Å². The van der Waals surface area contributed by atoms with Gasteiger partial charge in [0.15, 0.2) is 0 Å². The summed E-state index contributed by atoms with van der Waals surface area (Å²) in [5.74, 6) is -2.12. The molecule has 0 heterocycles. The highest BCUT2D eigenvalue weighted by Crippen LogP contribution is 2.61. The van der Waals surface area contributed by atoms with Crippen LogP contribution in [-0.4, -0.2) is 74.2 Å². The van der Waals surface area contributed by atoms with Crippen LogP contribution in [-0.2, 0) is 48.2 Å². The highest BCUT2D eigenvalue weighted by atomic mass is 32.2. The molecule has 3 aliphatic rings. The van der Waals surface area contributed by atoms with Crippen molar-refractivity contribution >= 4 is 35.5 Å². The molecular weight excluding hydrogens is 675 g/mol. The number of halogens is 5. The molecule has 3 fully saturated rings. The molecule has 0 bridgehead atoms. The molecule has 1 N–H and O–H groups in total. The first kappa shape index (κ1) is 39.9. The highest BCUT2D eigenvalue weighted by molar-refractivity contribution is 7.86. The summed E-state index contributed by atoms with van der Waals surface area (Å²) < 4.78 is 118. The van der Waals surface area contributed by atoms with Gasteiger partial charge in [0.05, 0.1) is 0 Å². The summed E-state index contributed by atoms with van der Waals surface area (Å²) in [6.45, 7) is 7.11. The van der Waals surface area contributed by atoms with E-state index in [1.807, 2.05) is 6.92 Å². The Morgan fingerprint density at radius 2 is 1.67 bits per heavy atom. The smallest absolute Gasteiger partial charge is 0.432 e. The largest absolute Gasteiger partial charge is 0.465 e. The first-order chi connectivity index (χ1) is 22.3. The van der Waals surface area contributed by atoms with Crippen molar-refractivity contribution in [3.05, 3.63) is 0 Å². The zero-order valence-corrected chi connectivity index (χ0v) is 27.9. The molecule has 17 heteroatoms. The maximum absolute atomic E-state index is 13.9. The first-order valence-corrected chi connectivity index (χ1v) is 17.7. The summed E-state index contributed by atoms with van der Waals surface area (Å²) in [6, 6.07) is 0. The Bertz CT molecular complexity index is 1230. The molecule has 0 aliphatic heterocycles. The minimum Gasteiger partial charge on any atom is -0.465 e. The van der Waals surface area contributed by atoms with Crippen LogP contribution in [0.3, 0.4) is 0 Å². The molecule has 0 aromatic rings. The molecule has 4 unspecified atom stereocenters. The van der Waals surface area contributed by atoms with Gasteiger partial charge >= 0.3 is 27.5 Å². The van der Waals surface area contributed by atoms with Gasteiger partial charge in [0.1, 0.15) is 18.3 Å². The lowest BCUT2D eigenvalue weighted by atomic mass is 9.48. The third kappa shape index (κ3) is 8.96. The predicted octanol–water partition coefficient (Wildman–Crippen LogP) is 5.64. The van der Waals surface area contributed by atoms with Crippen LogP contribution in [0.15, 0.2) is 0 Å². The number of alkyl halides is 5. The zero-order valence-electron chi connectivity index (χ0n) is 27.1. The summed E-state index contributed by atoms with van der Waals surface area (Å²) in [7, 11) is -6.54. The second kappa shape index (κ2) is 16.0. The van der Waals surface area contributed by atoms with E-state index in [1.54, 1.807) is 6.92 Å². The van der Waals surface area contributed by atoms with Gasteiger partial charge in [-0.15, -0.1) is 0 Å². The molecule has 0 aromatic heterocycles. The maximum atomic E-state index is 13.9. The number of carbonyl (C=O) groups excluding carboxylic acids is 4. The van der Waals surface area contributed by atoms with Crippen molar-refractivity contribution in [2.75, 3.05) is 0 Å². The van der Waals surface area contributed by atoms with E-state index in [9.17, 15) is 49.5 Å². The molecule has 3 aliphatic carbocycles. The average molecular weight is 721 g/mol. The van der Waals surface area contributed by atoms with Gasteiger partial charge in [0.2, 0.25) is 0 Å². The summed E-state index contributed by atoms with van der Waals surface area (Å²) in [5.41, 5.74) is -0.261. The Labute approximate surface area is 276 Å². The lowest BCUT2D eigenvalue weighted by molar-refractivity contribution is -0.259. The molecule has 11 atom stereocenters. The number of hydrogen-bond donors (Lipinski definition) is 1. The van der Waals surface area contributed by atoms with Gasteiger partial charge in [-0.1, -0.05) is 20.8 Å². The third-order valence-electron chi connectivity index (χ3n) is 11.3. The van der Waals surface area contributed by atoms with E-state index < -0.39 is 46.1 Å². The van der Waals surface area contributed by atoms with Gasteiger partial charge in [-0.05, 0) is 99.2 Å². The number of fused-ring (bicyclic) bond motifs is 1. The van der Waals surface area contributed by atoms with Crippen molar-refractivity contribution in [2.45, 2.75) is 127 Å². The SMILES string of the molecule is CCC(C[C@H]1[C@H]([C@@H]2CC[C@H]([C@H](C)CCC(=O)OC(C(F)(F)F)C(F)(F)S(=O)(=O)O)C2)C(OC=O)C[C@@H]2CC(OC=O)CC[C@@]21C)OC=O. The zero-order chi connectivity index (χ0) is 36.1. The topological polar surface area (TPSA) is 160 Å². The maximum Gasteiger partial charge on any atom is 0.432 e. The highest BCUT2D eigenvalue weighted by Gasteiger charge is 2.66. The molecular formula is C31H45F5O11S. The van der Waals surface area contributed by atoms with E-state index in [-0.39, 0.29) is 59.6 Å². The van der Waals surface area contributed by atoms with Gasteiger partial charge in [-0.3, -0.25) is 23.7 Å². The number of esters is 1. The molecule has 48 heavy (non-hydrogen) atoms. The van der Waals surface area contributed by atoms with Crippen LogP contribution in [0.25, 0.3) is 0 Å². The summed E-state index contributed by atoms with van der Waals surface area (Å²) in [5, 5.41) is -5.80.